The monoisotopic (exact) mass is 533 g/mol. The Hall–Kier alpha value is -4.19. The van der Waals surface area contributed by atoms with Crippen LogP contribution in [0.15, 0.2) is 66.1 Å². The van der Waals surface area contributed by atoms with Crippen molar-refractivity contribution in [1.29, 1.82) is 0 Å². The molecule has 5 aromatic rings. The van der Waals surface area contributed by atoms with Crippen LogP contribution in [-0.4, -0.2) is 66.6 Å². The largest absolute Gasteiger partial charge is 0.444 e. The summed E-state index contributed by atoms with van der Waals surface area (Å²) in [4.78, 5) is 31.5. The summed E-state index contributed by atoms with van der Waals surface area (Å²) in [6.07, 6.45) is 6.78. The molecule has 1 aliphatic heterocycles. The number of amides is 1. The van der Waals surface area contributed by atoms with Gasteiger partial charge in [-0.2, -0.15) is 0 Å². The van der Waals surface area contributed by atoms with Crippen LogP contribution >= 0.6 is 0 Å². The van der Waals surface area contributed by atoms with Gasteiger partial charge in [0.15, 0.2) is 17.3 Å². The lowest BCUT2D eigenvalue weighted by atomic mass is 10.2. The van der Waals surface area contributed by atoms with Crippen LogP contribution in [0.5, 0.6) is 0 Å². The van der Waals surface area contributed by atoms with E-state index in [1.165, 1.54) is 10.2 Å². The van der Waals surface area contributed by atoms with Gasteiger partial charge in [0.2, 0.25) is 0 Å². The molecular formula is C26H27N7O4S. The van der Waals surface area contributed by atoms with E-state index in [1.807, 2.05) is 25.3 Å². The number of fused-ring (bicyclic) bond motifs is 3. The standard InChI is InChI=1S/C26H27N7O4S/c1-26(2,3)37-25(34)31-13-9-17(16-31)33-21-19-10-14-32(38(35,36)18-7-5-4-6-8-18)23(19)29-15-20(21)30-24(33)22-27-11-12-28-22/h4-8,10-12,14-15,17H,9,13,16H2,1-3H3,(H,27,28). The fraction of sp³-hybridized carbons (Fsp3) is 0.308. The van der Waals surface area contributed by atoms with Gasteiger partial charge in [-0.1, -0.05) is 18.2 Å². The van der Waals surface area contributed by atoms with Crippen LogP contribution in [0.4, 0.5) is 4.79 Å². The minimum Gasteiger partial charge on any atom is -0.444 e. The first-order valence-electron chi connectivity index (χ1n) is 12.3. The molecule has 0 aliphatic carbocycles. The second kappa shape index (κ2) is 8.69. The van der Waals surface area contributed by atoms with Crippen molar-refractivity contribution >= 4 is 38.2 Å². The van der Waals surface area contributed by atoms with Gasteiger partial charge >= 0.3 is 6.09 Å². The van der Waals surface area contributed by atoms with Gasteiger partial charge in [-0.05, 0) is 45.4 Å². The number of hydrogen-bond acceptors (Lipinski definition) is 7. The van der Waals surface area contributed by atoms with Crippen LogP contribution in [-0.2, 0) is 14.8 Å². The number of H-pyrrole nitrogens is 1. The predicted molar refractivity (Wildman–Crippen MR) is 141 cm³/mol. The zero-order chi connectivity index (χ0) is 26.7. The Morgan fingerprint density at radius 1 is 1.13 bits per heavy atom. The zero-order valence-electron chi connectivity index (χ0n) is 21.2. The van der Waals surface area contributed by atoms with Gasteiger partial charge in [-0.15, -0.1) is 0 Å². The number of carbonyl (C=O) groups excluding carboxylic acids is 1. The number of nitrogens with zero attached hydrogens (tertiary/aromatic N) is 6. The van der Waals surface area contributed by atoms with Crippen molar-refractivity contribution in [2.45, 2.75) is 43.7 Å². The van der Waals surface area contributed by atoms with E-state index in [2.05, 4.69) is 15.0 Å². The molecule has 1 amide bonds. The minimum atomic E-state index is -3.86. The molecule has 12 heteroatoms. The first kappa shape index (κ1) is 24.2. The fourth-order valence-electron chi connectivity index (χ4n) is 4.90. The molecule has 4 aromatic heterocycles. The highest BCUT2D eigenvalue weighted by Gasteiger charge is 2.34. The number of likely N-dealkylation sites (tertiary alicyclic amines) is 1. The third kappa shape index (κ3) is 4.01. The lowest BCUT2D eigenvalue weighted by molar-refractivity contribution is 0.0289. The molecular weight excluding hydrogens is 506 g/mol. The lowest BCUT2D eigenvalue weighted by Crippen LogP contribution is -2.35. The number of hydrogen-bond donors (Lipinski definition) is 1. The highest BCUT2D eigenvalue weighted by Crippen LogP contribution is 2.36. The van der Waals surface area contributed by atoms with Crippen LogP contribution in [0.3, 0.4) is 0 Å². The molecule has 0 radical (unpaired) electrons. The third-order valence-corrected chi connectivity index (χ3v) is 8.20. The molecule has 0 bridgehead atoms. The first-order chi connectivity index (χ1) is 18.1. The summed E-state index contributed by atoms with van der Waals surface area (Å²) in [6, 6.07) is 9.87. The van der Waals surface area contributed by atoms with Crippen molar-refractivity contribution < 1.29 is 17.9 Å². The predicted octanol–water partition coefficient (Wildman–Crippen LogP) is 4.20. The maximum Gasteiger partial charge on any atom is 0.410 e. The van der Waals surface area contributed by atoms with E-state index < -0.39 is 15.6 Å². The Bertz CT molecular complexity index is 1750. The first-order valence-corrected chi connectivity index (χ1v) is 13.7. The number of carbonyl (C=O) groups is 1. The molecule has 1 aromatic carbocycles. The van der Waals surface area contributed by atoms with Crippen molar-refractivity contribution in [3.05, 3.63) is 61.2 Å². The fourth-order valence-corrected chi connectivity index (χ4v) is 6.23. The van der Waals surface area contributed by atoms with Crippen LogP contribution in [0.2, 0.25) is 0 Å². The van der Waals surface area contributed by atoms with E-state index in [1.54, 1.807) is 59.9 Å². The number of ether oxygens (including phenoxy) is 1. The third-order valence-electron chi connectivity index (χ3n) is 6.52. The number of rotatable bonds is 4. The highest BCUT2D eigenvalue weighted by molar-refractivity contribution is 7.90. The summed E-state index contributed by atoms with van der Waals surface area (Å²) in [5, 5.41) is 0.642. The number of aromatic amines is 1. The molecule has 0 spiro atoms. The van der Waals surface area contributed by atoms with E-state index in [0.29, 0.717) is 47.7 Å². The van der Waals surface area contributed by atoms with E-state index >= 15 is 0 Å². The quantitative estimate of drug-likeness (QED) is 0.367. The number of imidazole rings is 2. The Kier molecular flexibility index (Phi) is 5.53. The topological polar surface area (TPSA) is 128 Å². The molecule has 1 saturated heterocycles. The van der Waals surface area contributed by atoms with E-state index in [9.17, 15) is 13.2 Å². The Balaban J connectivity index is 1.50. The average Bonchev–Trinajstić information content (AvgIpc) is 3.67. The van der Waals surface area contributed by atoms with Crippen LogP contribution < -0.4 is 0 Å². The maximum atomic E-state index is 13.4. The Morgan fingerprint density at radius 3 is 2.63 bits per heavy atom. The maximum absolute atomic E-state index is 13.4. The smallest absolute Gasteiger partial charge is 0.410 e. The molecule has 6 rings (SSSR count). The van der Waals surface area contributed by atoms with Gasteiger partial charge in [-0.25, -0.2) is 32.1 Å². The molecule has 5 heterocycles. The second-order valence-electron chi connectivity index (χ2n) is 10.3. The highest BCUT2D eigenvalue weighted by atomic mass is 32.2. The number of nitrogens with one attached hydrogen (secondary N) is 1. The molecule has 1 atom stereocenters. The Labute approximate surface area is 219 Å². The average molecular weight is 534 g/mol. The molecule has 196 valence electrons. The van der Waals surface area contributed by atoms with Crippen molar-refractivity contribution in [3.8, 4) is 11.6 Å². The van der Waals surface area contributed by atoms with E-state index in [0.717, 1.165) is 5.52 Å². The van der Waals surface area contributed by atoms with Crippen molar-refractivity contribution in [2.75, 3.05) is 13.1 Å². The van der Waals surface area contributed by atoms with Gasteiger partial charge < -0.3 is 19.2 Å². The number of pyridine rings is 1. The molecule has 38 heavy (non-hydrogen) atoms. The summed E-state index contributed by atoms with van der Waals surface area (Å²) in [5.74, 6) is 1.16. The second-order valence-corrected chi connectivity index (χ2v) is 12.1. The Morgan fingerprint density at radius 2 is 1.92 bits per heavy atom. The molecule has 11 nitrogen and oxygen atoms in total. The lowest BCUT2D eigenvalue weighted by Gasteiger charge is -2.24. The summed E-state index contributed by atoms with van der Waals surface area (Å²) in [6.45, 7) is 6.47. The SMILES string of the molecule is CC(C)(C)OC(=O)N1CCC(n2c(-c3ncc[nH]3)nc3cnc4c(ccn4S(=O)(=O)c4ccccc4)c32)C1. The van der Waals surface area contributed by atoms with Gasteiger partial charge in [0.05, 0.1) is 22.7 Å². The van der Waals surface area contributed by atoms with Gasteiger partial charge in [-0.3, -0.25) is 0 Å². The van der Waals surface area contributed by atoms with Crippen molar-refractivity contribution in [2.24, 2.45) is 0 Å². The summed E-state index contributed by atoms with van der Waals surface area (Å²) >= 11 is 0. The molecule has 0 saturated carbocycles. The van der Waals surface area contributed by atoms with Gasteiger partial charge in [0, 0.05) is 37.1 Å². The number of aromatic nitrogens is 6. The summed E-state index contributed by atoms with van der Waals surface area (Å²) in [7, 11) is -3.86. The zero-order valence-corrected chi connectivity index (χ0v) is 22.0. The molecule has 1 unspecified atom stereocenters. The van der Waals surface area contributed by atoms with E-state index in [-0.39, 0.29) is 17.0 Å². The van der Waals surface area contributed by atoms with Crippen LogP contribution in [0.25, 0.3) is 33.7 Å². The normalized spacial score (nSPS) is 16.5. The molecule has 1 fully saturated rings. The van der Waals surface area contributed by atoms with Crippen LogP contribution in [0, 0.1) is 0 Å². The van der Waals surface area contributed by atoms with E-state index in [4.69, 9.17) is 9.72 Å². The van der Waals surface area contributed by atoms with Crippen molar-refractivity contribution in [1.82, 2.24) is 33.4 Å². The summed E-state index contributed by atoms with van der Waals surface area (Å²) < 4.78 is 35.7. The van der Waals surface area contributed by atoms with Gasteiger partial charge in [0.25, 0.3) is 10.0 Å². The van der Waals surface area contributed by atoms with Crippen molar-refractivity contribution in [3.63, 3.8) is 0 Å². The summed E-state index contributed by atoms with van der Waals surface area (Å²) in [5.41, 5.74) is 1.05. The number of benzene rings is 1. The molecule has 1 N–H and O–H groups in total. The molecule has 1 aliphatic rings. The van der Waals surface area contributed by atoms with Gasteiger partial charge in [0.1, 0.15) is 11.1 Å². The van der Waals surface area contributed by atoms with Crippen LogP contribution in [0.1, 0.15) is 33.2 Å². The minimum absolute atomic E-state index is 0.132.